The Morgan fingerprint density at radius 3 is 2.33 bits per heavy atom. The minimum atomic E-state index is -0.270. The van der Waals surface area contributed by atoms with Crippen molar-refractivity contribution in [1.29, 1.82) is 0 Å². The molecular formula is C10H18NO. The summed E-state index contributed by atoms with van der Waals surface area (Å²) in [4.78, 5) is 2.56. The van der Waals surface area contributed by atoms with Crippen LogP contribution in [0.2, 0.25) is 0 Å². The standard InChI is InChI=1S/C10H18NO/c1-2-10(5-6-10)11-7-3-9(12)4-8-11/h9H,2-8H2,1H3. The molecule has 0 amide bonds. The molecule has 1 heterocycles. The van der Waals surface area contributed by atoms with Crippen LogP contribution in [0.15, 0.2) is 0 Å². The Balaban J connectivity index is 1.89. The first-order chi connectivity index (χ1) is 5.77. The van der Waals surface area contributed by atoms with Crippen LogP contribution in [0, 0.1) is 0 Å². The second kappa shape index (κ2) is 3.00. The molecule has 2 heteroatoms. The van der Waals surface area contributed by atoms with Gasteiger partial charge in [-0.25, -0.2) is 5.11 Å². The highest BCUT2D eigenvalue weighted by Crippen LogP contribution is 2.45. The van der Waals surface area contributed by atoms with Crippen molar-refractivity contribution in [3.05, 3.63) is 0 Å². The molecule has 0 atom stereocenters. The van der Waals surface area contributed by atoms with Crippen molar-refractivity contribution in [2.75, 3.05) is 13.1 Å². The van der Waals surface area contributed by atoms with Gasteiger partial charge in [0.25, 0.3) is 0 Å². The van der Waals surface area contributed by atoms with Crippen molar-refractivity contribution in [3.63, 3.8) is 0 Å². The first-order valence-corrected chi connectivity index (χ1v) is 5.18. The fourth-order valence-electron chi connectivity index (χ4n) is 2.37. The van der Waals surface area contributed by atoms with Crippen LogP contribution in [-0.4, -0.2) is 29.6 Å². The van der Waals surface area contributed by atoms with E-state index in [1.165, 1.54) is 19.3 Å². The maximum Gasteiger partial charge on any atom is 0.0954 e. The third kappa shape index (κ3) is 1.38. The van der Waals surface area contributed by atoms with Crippen molar-refractivity contribution in [2.45, 2.75) is 50.7 Å². The zero-order valence-corrected chi connectivity index (χ0v) is 7.88. The Morgan fingerprint density at radius 1 is 1.33 bits per heavy atom. The van der Waals surface area contributed by atoms with Crippen LogP contribution in [0.5, 0.6) is 0 Å². The van der Waals surface area contributed by atoms with E-state index in [0.29, 0.717) is 5.54 Å². The fourth-order valence-corrected chi connectivity index (χ4v) is 2.37. The van der Waals surface area contributed by atoms with Gasteiger partial charge in [0.1, 0.15) is 0 Å². The first-order valence-electron chi connectivity index (χ1n) is 5.18. The molecule has 0 bridgehead atoms. The molecule has 1 aliphatic carbocycles. The molecule has 69 valence electrons. The number of nitrogens with zero attached hydrogens (tertiary/aromatic N) is 1. The molecule has 1 saturated heterocycles. The van der Waals surface area contributed by atoms with E-state index in [9.17, 15) is 5.11 Å². The number of hydrogen-bond donors (Lipinski definition) is 0. The summed E-state index contributed by atoms with van der Waals surface area (Å²) in [7, 11) is 0. The summed E-state index contributed by atoms with van der Waals surface area (Å²) in [5.74, 6) is 0. The lowest BCUT2D eigenvalue weighted by Gasteiger charge is -2.35. The van der Waals surface area contributed by atoms with Crippen molar-refractivity contribution in [3.8, 4) is 0 Å². The minimum Gasteiger partial charge on any atom is -0.297 e. The minimum absolute atomic E-state index is 0.270. The van der Waals surface area contributed by atoms with Gasteiger partial charge in [-0.2, -0.15) is 0 Å². The molecule has 0 spiro atoms. The molecule has 0 aromatic rings. The van der Waals surface area contributed by atoms with Gasteiger partial charge in [0.15, 0.2) is 0 Å². The lowest BCUT2D eigenvalue weighted by molar-refractivity contribution is 0.00966. The maximum atomic E-state index is 11.1. The van der Waals surface area contributed by atoms with Gasteiger partial charge in [0.05, 0.1) is 6.10 Å². The predicted molar refractivity (Wildman–Crippen MR) is 47.5 cm³/mol. The summed E-state index contributed by atoms with van der Waals surface area (Å²) in [6.45, 7) is 4.39. The van der Waals surface area contributed by atoms with Crippen LogP contribution in [0.25, 0.3) is 0 Å². The predicted octanol–water partition coefficient (Wildman–Crippen LogP) is 1.82. The van der Waals surface area contributed by atoms with Gasteiger partial charge in [-0.3, -0.25) is 4.90 Å². The summed E-state index contributed by atoms with van der Waals surface area (Å²) in [5, 5.41) is 11.1. The third-order valence-corrected chi connectivity index (χ3v) is 3.60. The Morgan fingerprint density at radius 2 is 1.92 bits per heavy atom. The largest absolute Gasteiger partial charge is 0.297 e. The SMILES string of the molecule is CCC1(N2CCC([O])CC2)CC1. The van der Waals surface area contributed by atoms with Gasteiger partial charge in [0.2, 0.25) is 0 Å². The summed E-state index contributed by atoms with van der Waals surface area (Å²) in [6.07, 6.45) is 5.49. The van der Waals surface area contributed by atoms with Gasteiger partial charge < -0.3 is 0 Å². The Hall–Kier alpha value is -0.0800. The zero-order valence-electron chi connectivity index (χ0n) is 7.88. The lowest BCUT2D eigenvalue weighted by Crippen LogP contribution is -2.43. The lowest BCUT2D eigenvalue weighted by atomic mass is 10.0. The fraction of sp³-hybridized carbons (Fsp3) is 1.00. The first kappa shape index (κ1) is 8.52. The normalized spacial score (nSPS) is 30.5. The molecule has 0 aromatic carbocycles. The molecule has 0 N–H and O–H groups in total. The number of piperidine rings is 1. The quantitative estimate of drug-likeness (QED) is 0.617. The molecule has 0 unspecified atom stereocenters. The molecule has 2 nitrogen and oxygen atoms in total. The van der Waals surface area contributed by atoms with E-state index in [-0.39, 0.29) is 6.10 Å². The third-order valence-electron chi connectivity index (χ3n) is 3.60. The summed E-state index contributed by atoms with van der Waals surface area (Å²) < 4.78 is 0. The van der Waals surface area contributed by atoms with Crippen LogP contribution in [0.4, 0.5) is 0 Å². The number of hydrogen-bond acceptors (Lipinski definition) is 1. The van der Waals surface area contributed by atoms with Gasteiger partial charge in [-0.1, -0.05) is 6.92 Å². The monoisotopic (exact) mass is 168 g/mol. The van der Waals surface area contributed by atoms with Gasteiger partial charge >= 0.3 is 0 Å². The average molecular weight is 168 g/mol. The summed E-state index contributed by atoms with van der Waals surface area (Å²) in [6, 6.07) is 0. The smallest absolute Gasteiger partial charge is 0.0954 e. The van der Waals surface area contributed by atoms with E-state index in [1.54, 1.807) is 0 Å². The summed E-state index contributed by atoms with van der Waals surface area (Å²) >= 11 is 0. The molecule has 2 fully saturated rings. The molecule has 1 saturated carbocycles. The van der Waals surface area contributed by atoms with Gasteiger partial charge in [-0.05, 0) is 32.1 Å². The molecule has 1 radical (unpaired) electrons. The van der Waals surface area contributed by atoms with E-state index < -0.39 is 0 Å². The average Bonchev–Trinajstić information content (AvgIpc) is 2.86. The van der Waals surface area contributed by atoms with Crippen LogP contribution >= 0.6 is 0 Å². The highest BCUT2D eigenvalue weighted by molar-refractivity contribution is 5.03. The molecular weight excluding hydrogens is 150 g/mol. The van der Waals surface area contributed by atoms with Crippen molar-refractivity contribution >= 4 is 0 Å². The molecule has 0 aromatic heterocycles. The van der Waals surface area contributed by atoms with Crippen LogP contribution in [0.3, 0.4) is 0 Å². The Labute approximate surface area is 74.6 Å². The topological polar surface area (TPSA) is 23.1 Å². The van der Waals surface area contributed by atoms with Crippen molar-refractivity contribution < 1.29 is 5.11 Å². The number of likely N-dealkylation sites (tertiary alicyclic amines) is 1. The van der Waals surface area contributed by atoms with Gasteiger partial charge in [0, 0.05) is 18.6 Å². The van der Waals surface area contributed by atoms with Crippen LogP contribution < -0.4 is 0 Å². The zero-order chi connectivity index (χ0) is 8.60. The van der Waals surface area contributed by atoms with Crippen molar-refractivity contribution in [2.24, 2.45) is 0 Å². The van der Waals surface area contributed by atoms with E-state index in [1.807, 2.05) is 0 Å². The Kier molecular flexibility index (Phi) is 2.13. The van der Waals surface area contributed by atoms with Crippen molar-refractivity contribution in [1.82, 2.24) is 4.90 Å². The van der Waals surface area contributed by atoms with E-state index in [2.05, 4.69) is 11.8 Å². The van der Waals surface area contributed by atoms with E-state index in [0.717, 1.165) is 25.9 Å². The maximum absolute atomic E-state index is 11.1. The molecule has 1 aliphatic heterocycles. The van der Waals surface area contributed by atoms with E-state index >= 15 is 0 Å². The second-order valence-electron chi connectivity index (χ2n) is 4.26. The second-order valence-corrected chi connectivity index (χ2v) is 4.26. The Bertz CT molecular complexity index is 157. The molecule has 2 aliphatic rings. The van der Waals surface area contributed by atoms with Gasteiger partial charge in [-0.15, -0.1) is 0 Å². The summed E-state index contributed by atoms with van der Waals surface area (Å²) in [5.41, 5.74) is 0.542. The molecule has 2 rings (SSSR count). The number of rotatable bonds is 2. The highest BCUT2D eigenvalue weighted by atomic mass is 16.3. The van der Waals surface area contributed by atoms with Crippen LogP contribution in [-0.2, 0) is 5.11 Å². The van der Waals surface area contributed by atoms with Crippen LogP contribution in [0.1, 0.15) is 39.0 Å². The highest BCUT2D eigenvalue weighted by Gasteiger charge is 2.46. The van der Waals surface area contributed by atoms with E-state index in [4.69, 9.17) is 0 Å². The molecule has 12 heavy (non-hydrogen) atoms.